The monoisotopic (exact) mass is 414 g/mol. The highest BCUT2D eigenvalue weighted by atomic mass is 16.5. The molecule has 1 aliphatic heterocycles. The summed E-state index contributed by atoms with van der Waals surface area (Å²) in [5.74, 6) is 1.84. The Balaban J connectivity index is 1.42. The van der Waals surface area contributed by atoms with E-state index in [-0.39, 0.29) is 18.4 Å². The number of nitrogens with one attached hydrogen (secondary N) is 1. The maximum Gasteiger partial charge on any atom is 0.244 e. The highest BCUT2D eigenvalue weighted by molar-refractivity contribution is 5.76. The summed E-state index contributed by atoms with van der Waals surface area (Å²) in [7, 11) is 3.20. The normalized spacial score (nSPS) is 16.2. The van der Waals surface area contributed by atoms with Gasteiger partial charge in [-0.15, -0.1) is 0 Å². The molecule has 8 nitrogen and oxygen atoms in total. The molecule has 1 N–H and O–H groups in total. The topological polar surface area (TPSA) is 85.7 Å². The number of ether oxygens (including phenoxy) is 2. The molecule has 8 heteroatoms. The van der Waals surface area contributed by atoms with Crippen molar-refractivity contribution in [3.05, 3.63) is 42.2 Å². The zero-order chi connectivity index (χ0) is 21.3. The number of nitrogens with zero attached hydrogens (tertiary/aromatic N) is 3. The molecular weight excluding hydrogens is 384 g/mol. The van der Waals surface area contributed by atoms with Crippen LogP contribution in [0, 0.1) is 5.92 Å². The summed E-state index contributed by atoms with van der Waals surface area (Å²) in [6.45, 7) is 2.16. The average Bonchev–Trinajstić information content (AvgIpc) is 3.29. The van der Waals surface area contributed by atoms with Crippen molar-refractivity contribution in [1.82, 2.24) is 20.0 Å². The summed E-state index contributed by atoms with van der Waals surface area (Å²) in [5.41, 5.74) is 0.903. The minimum Gasteiger partial charge on any atom is -0.497 e. The molecular formula is C22H30N4O4. The van der Waals surface area contributed by atoms with Gasteiger partial charge in [-0.3, -0.25) is 14.3 Å². The third-order valence-electron chi connectivity index (χ3n) is 5.48. The number of benzene rings is 1. The Kier molecular flexibility index (Phi) is 7.70. The molecule has 2 aromatic rings. The van der Waals surface area contributed by atoms with Gasteiger partial charge in [0.1, 0.15) is 18.0 Å². The summed E-state index contributed by atoms with van der Waals surface area (Å²) in [4.78, 5) is 26.7. The second-order valence-corrected chi connectivity index (χ2v) is 7.54. The number of rotatable bonds is 9. The van der Waals surface area contributed by atoms with Crippen molar-refractivity contribution in [3.63, 3.8) is 0 Å². The van der Waals surface area contributed by atoms with Crippen LogP contribution in [0.5, 0.6) is 11.5 Å². The lowest BCUT2D eigenvalue weighted by Gasteiger charge is -2.32. The molecule has 2 heterocycles. The molecule has 1 fully saturated rings. The number of hydrogen-bond donors (Lipinski definition) is 1. The van der Waals surface area contributed by atoms with E-state index in [0.717, 1.165) is 31.4 Å². The van der Waals surface area contributed by atoms with Gasteiger partial charge in [0, 0.05) is 50.1 Å². The summed E-state index contributed by atoms with van der Waals surface area (Å²) in [6, 6.07) is 7.36. The van der Waals surface area contributed by atoms with E-state index in [4.69, 9.17) is 9.47 Å². The van der Waals surface area contributed by atoms with Crippen LogP contribution in [0.15, 0.2) is 36.7 Å². The number of carbonyl (C=O) groups is 2. The van der Waals surface area contributed by atoms with Gasteiger partial charge in [-0.05, 0) is 43.4 Å². The van der Waals surface area contributed by atoms with Gasteiger partial charge in [-0.25, -0.2) is 0 Å². The predicted molar refractivity (Wildman–Crippen MR) is 112 cm³/mol. The van der Waals surface area contributed by atoms with E-state index in [0.29, 0.717) is 36.9 Å². The lowest BCUT2D eigenvalue weighted by molar-refractivity contribution is -0.133. The van der Waals surface area contributed by atoms with Crippen molar-refractivity contribution in [2.75, 3.05) is 27.3 Å². The van der Waals surface area contributed by atoms with E-state index in [1.165, 1.54) is 0 Å². The van der Waals surface area contributed by atoms with Gasteiger partial charge >= 0.3 is 0 Å². The maximum absolute atomic E-state index is 12.5. The Morgan fingerprint density at radius 2 is 2.13 bits per heavy atom. The fourth-order valence-corrected chi connectivity index (χ4v) is 3.78. The zero-order valence-electron chi connectivity index (χ0n) is 17.7. The van der Waals surface area contributed by atoms with Crippen LogP contribution in [0.25, 0.3) is 0 Å². The molecule has 0 radical (unpaired) electrons. The SMILES string of the molecule is COc1ccc(CNC(=O)CCC2CCCN(C(=O)Cn3cccn3)C2)c(OC)c1. The minimum atomic E-state index is 0.00728. The van der Waals surface area contributed by atoms with Gasteiger partial charge in [0.25, 0.3) is 0 Å². The lowest BCUT2D eigenvalue weighted by Crippen LogP contribution is -2.41. The standard InChI is InChI=1S/C22H30N4O4/c1-29-19-8-7-18(20(13-19)30-2)14-23-21(27)9-6-17-5-3-11-25(15-17)22(28)16-26-12-4-10-24-26/h4,7-8,10,12-13,17H,3,5-6,9,11,14-16H2,1-2H3,(H,23,27). The van der Waals surface area contributed by atoms with Crippen molar-refractivity contribution in [2.45, 2.75) is 38.8 Å². The van der Waals surface area contributed by atoms with E-state index >= 15 is 0 Å². The molecule has 1 atom stereocenters. The Bertz CT molecular complexity index is 838. The highest BCUT2D eigenvalue weighted by Gasteiger charge is 2.24. The van der Waals surface area contributed by atoms with Gasteiger partial charge in [0.2, 0.25) is 11.8 Å². The van der Waals surface area contributed by atoms with Crippen molar-refractivity contribution in [1.29, 1.82) is 0 Å². The predicted octanol–water partition coefficient (Wildman–Crippen LogP) is 2.24. The molecule has 1 saturated heterocycles. The summed E-state index contributed by atoms with van der Waals surface area (Å²) in [6.07, 6.45) is 6.71. The highest BCUT2D eigenvalue weighted by Crippen LogP contribution is 2.25. The molecule has 1 aliphatic rings. The molecule has 0 aliphatic carbocycles. The molecule has 162 valence electrons. The number of hydrogen-bond acceptors (Lipinski definition) is 5. The summed E-state index contributed by atoms with van der Waals surface area (Å²) in [5, 5.41) is 7.06. The second-order valence-electron chi connectivity index (χ2n) is 7.54. The first kappa shape index (κ1) is 21.7. The molecule has 1 unspecified atom stereocenters. The third kappa shape index (κ3) is 5.98. The quantitative estimate of drug-likeness (QED) is 0.680. The lowest BCUT2D eigenvalue weighted by atomic mass is 9.93. The van der Waals surface area contributed by atoms with Crippen molar-refractivity contribution >= 4 is 11.8 Å². The van der Waals surface area contributed by atoms with Crippen LogP contribution in [0.3, 0.4) is 0 Å². The number of methoxy groups -OCH3 is 2. The molecule has 0 spiro atoms. The molecule has 1 aromatic carbocycles. The van der Waals surface area contributed by atoms with Gasteiger partial charge in [-0.2, -0.15) is 5.10 Å². The summed E-state index contributed by atoms with van der Waals surface area (Å²) >= 11 is 0. The van der Waals surface area contributed by atoms with E-state index in [1.54, 1.807) is 37.4 Å². The number of likely N-dealkylation sites (tertiary alicyclic amines) is 1. The fourth-order valence-electron chi connectivity index (χ4n) is 3.78. The largest absolute Gasteiger partial charge is 0.497 e. The summed E-state index contributed by atoms with van der Waals surface area (Å²) < 4.78 is 12.2. The number of aromatic nitrogens is 2. The molecule has 1 aromatic heterocycles. The third-order valence-corrected chi connectivity index (χ3v) is 5.48. The van der Waals surface area contributed by atoms with Crippen LogP contribution in [0.4, 0.5) is 0 Å². The Hall–Kier alpha value is -3.03. The number of piperidine rings is 1. The minimum absolute atomic E-state index is 0.00728. The second kappa shape index (κ2) is 10.7. The first-order chi connectivity index (χ1) is 14.6. The smallest absolute Gasteiger partial charge is 0.244 e. The van der Waals surface area contributed by atoms with Crippen LogP contribution in [0.1, 0.15) is 31.2 Å². The first-order valence-electron chi connectivity index (χ1n) is 10.3. The van der Waals surface area contributed by atoms with Crippen LogP contribution in [0.2, 0.25) is 0 Å². The van der Waals surface area contributed by atoms with Crippen LogP contribution < -0.4 is 14.8 Å². The van der Waals surface area contributed by atoms with E-state index in [1.807, 2.05) is 23.1 Å². The van der Waals surface area contributed by atoms with Crippen molar-refractivity contribution in [2.24, 2.45) is 5.92 Å². The van der Waals surface area contributed by atoms with Gasteiger partial charge in [0.15, 0.2) is 0 Å². The van der Waals surface area contributed by atoms with Gasteiger partial charge < -0.3 is 19.7 Å². The van der Waals surface area contributed by atoms with Gasteiger partial charge in [-0.1, -0.05) is 0 Å². The Morgan fingerprint density at radius 1 is 1.27 bits per heavy atom. The maximum atomic E-state index is 12.5. The molecule has 3 rings (SSSR count). The molecule has 0 saturated carbocycles. The van der Waals surface area contributed by atoms with E-state index in [9.17, 15) is 9.59 Å². The Morgan fingerprint density at radius 3 is 2.87 bits per heavy atom. The Labute approximate surface area is 177 Å². The van der Waals surface area contributed by atoms with Gasteiger partial charge in [0.05, 0.1) is 14.2 Å². The zero-order valence-corrected chi connectivity index (χ0v) is 17.7. The fraction of sp³-hybridized carbons (Fsp3) is 0.500. The first-order valence-corrected chi connectivity index (χ1v) is 10.3. The van der Waals surface area contributed by atoms with E-state index < -0.39 is 0 Å². The molecule has 2 amide bonds. The van der Waals surface area contributed by atoms with Crippen molar-refractivity contribution in [3.8, 4) is 11.5 Å². The van der Waals surface area contributed by atoms with Crippen LogP contribution in [-0.2, 0) is 22.7 Å². The van der Waals surface area contributed by atoms with E-state index in [2.05, 4.69) is 10.4 Å². The van der Waals surface area contributed by atoms with Crippen LogP contribution in [-0.4, -0.2) is 53.8 Å². The number of carbonyl (C=O) groups excluding carboxylic acids is 2. The van der Waals surface area contributed by atoms with Crippen molar-refractivity contribution < 1.29 is 19.1 Å². The average molecular weight is 415 g/mol. The molecule has 0 bridgehead atoms. The number of amides is 2. The van der Waals surface area contributed by atoms with Crippen LogP contribution >= 0.6 is 0 Å². The molecule has 30 heavy (non-hydrogen) atoms.